The van der Waals surface area contributed by atoms with Gasteiger partial charge in [-0.25, -0.2) is 0 Å². The van der Waals surface area contributed by atoms with Crippen LogP contribution in [-0.4, -0.2) is 24.2 Å². The molecular weight excluding hydrogens is 232 g/mol. The minimum absolute atomic E-state index is 0.217. The second-order valence-corrected chi connectivity index (χ2v) is 4.73. The molecule has 16 heavy (non-hydrogen) atoms. The van der Waals surface area contributed by atoms with Gasteiger partial charge < -0.3 is 10.1 Å². The standard InChI is InChI=1S/C11H13F2NOS/c12-11(13)15-10-4-2-1-3-9(10)14-8-5-6-16-7-8/h1-4,8,11,14H,5-7H2. The van der Waals surface area contributed by atoms with Crippen LogP contribution in [0.25, 0.3) is 0 Å². The Balaban J connectivity index is 2.06. The van der Waals surface area contributed by atoms with Crippen LogP contribution < -0.4 is 10.1 Å². The van der Waals surface area contributed by atoms with Gasteiger partial charge in [-0.15, -0.1) is 0 Å². The number of thioether (sulfide) groups is 1. The average molecular weight is 245 g/mol. The maximum absolute atomic E-state index is 12.2. The first kappa shape index (κ1) is 11.5. The zero-order valence-corrected chi connectivity index (χ0v) is 9.47. The van der Waals surface area contributed by atoms with Crippen molar-refractivity contribution in [3.05, 3.63) is 24.3 Å². The molecule has 0 saturated carbocycles. The molecule has 0 aliphatic carbocycles. The molecule has 1 aliphatic rings. The first-order chi connectivity index (χ1) is 7.75. The molecule has 1 aromatic rings. The van der Waals surface area contributed by atoms with Gasteiger partial charge in [-0.1, -0.05) is 12.1 Å². The van der Waals surface area contributed by atoms with Crippen LogP contribution in [0.2, 0.25) is 0 Å². The number of para-hydroxylation sites is 2. The van der Waals surface area contributed by atoms with Crippen molar-refractivity contribution in [3.8, 4) is 5.75 Å². The van der Waals surface area contributed by atoms with E-state index in [1.165, 1.54) is 0 Å². The molecule has 0 radical (unpaired) electrons. The molecule has 2 nitrogen and oxygen atoms in total. The highest BCUT2D eigenvalue weighted by atomic mass is 32.2. The summed E-state index contributed by atoms with van der Waals surface area (Å²) >= 11 is 1.87. The molecule has 0 aromatic heterocycles. The second-order valence-electron chi connectivity index (χ2n) is 3.58. The normalized spacial score (nSPS) is 20.1. The molecule has 1 heterocycles. The van der Waals surface area contributed by atoms with Gasteiger partial charge >= 0.3 is 6.61 Å². The Bertz CT molecular complexity index is 343. The third-order valence-corrected chi connectivity index (χ3v) is 3.55. The summed E-state index contributed by atoms with van der Waals surface area (Å²) in [5.74, 6) is 2.35. The van der Waals surface area contributed by atoms with Crippen LogP contribution in [0.1, 0.15) is 6.42 Å². The first-order valence-corrected chi connectivity index (χ1v) is 6.29. The van der Waals surface area contributed by atoms with Gasteiger partial charge in [0.05, 0.1) is 5.69 Å². The molecule has 1 atom stereocenters. The van der Waals surface area contributed by atoms with Crippen molar-refractivity contribution in [3.63, 3.8) is 0 Å². The summed E-state index contributed by atoms with van der Waals surface area (Å²) in [5, 5.41) is 3.24. The Labute approximate surface area is 97.4 Å². The summed E-state index contributed by atoms with van der Waals surface area (Å²) < 4.78 is 28.8. The van der Waals surface area contributed by atoms with Gasteiger partial charge in [-0.3, -0.25) is 0 Å². The van der Waals surface area contributed by atoms with Crippen molar-refractivity contribution >= 4 is 17.4 Å². The highest BCUT2D eigenvalue weighted by molar-refractivity contribution is 7.99. The molecule has 5 heteroatoms. The lowest BCUT2D eigenvalue weighted by Gasteiger charge is -2.16. The Hall–Kier alpha value is -0.970. The third-order valence-electron chi connectivity index (χ3n) is 2.39. The first-order valence-electron chi connectivity index (χ1n) is 5.14. The summed E-state index contributed by atoms with van der Waals surface area (Å²) in [6.07, 6.45) is 1.06. The molecule has 1 fully saturated rings. The van der Waals surface area contributed by atoms with E-state index >= 15 is 0 Å². The van der Waals surface area contributed by atoms with E-state index in [-0.39, 0.29) is 5.75 Å². The summed E-state index contributed by atoms with van der Waals surface area (Å²) in [6, 6.07) is 7.17. The zero-order valence-electron chi connectivity index (χ0n) is 8.66. The number of rotatable bonds is 4. The van der Waals surface area contributed by atoms with Crippen LogP contribution in [0.4, 0.5) is 14.5 Å². The van der Waals surface area contributed by atoms with E-state index in [9.17, 15) is 8.78 Å². The van der Waals surface area contributed by atoms with Crippen LogP contribution in [-0.2, 0) is 0 Å². The molecule has 0 spiro atoms. The number of ether oxygens (including phenoxy) is 1. The van der Waals surface area contributed by atoms with Gasteiger partial charge in [-0.05, 0) is 24.3 Å². The lowest BCUT2D eigenvalue weighted by atomic mass is 10.2. The summed E-state index contributed by atoms with van der Waals surface area (Å²) in [6.45, 7) is -2.78. The van der Waals surface area contributed by atoms with Gasteiger partial charge in [0.2, 0.25) is 0 Å². The van der Waals surface area contributed by atoms with Crippen molar-refractivity contribution in [1.29, 1.82) is 0 Å². The van der Waals surface area contributed by atoms with E-state index < -0.39 is 6.61 Å². The Morgan fingerprint density at radius 1 is 1.38 bits per heavy atom. The van der Waals surface area contributed by atoms with Gasteiger partial charge in [0.15, 0.2) is 0 Å². The molecule has 2 rings (SSSR count). The fourth-order valence-electron chi connectivity index (χ4n) is 1.65. The van der Waals surface area contributed by atoms with Crippen molar-refractivity contribution < 1.29 is 13.5 Å². The SMILES string of the molecule is FC(F)Oc1ccccc1NC1CCSC1. The number of hydrogen-bond acceptors (Lipinski definition) is 3. The maximum Gasteiger partial charge on any atom is 0.387 e. The Morgan fingerprint density at radius 3 is 2.88 bits per heavy atom. The van der Waals surface area contributed by atoms with E-state index in [2.05, 4.69) is 10.1 Å². The predicted molar refractivity (Wildman–Crippen MR) is 62.4 cm³/mol. The van der Waals surface area contributed by atoms with Crippen LogP contribution >= 0.6 is 11.8 Å². The molecule has 1 unspecified atom stereocenters. The van der Waals surface area contributed by atoms with Gasteiger partial charge in [0, 0.05) is 11.8 Å². The molecule has 0 amide bonds. The van der Waals surface area contributed by atoms with Crippen LogP contribution in [0.3, 0.4) is 0 Å². The smallest absolute Gasteiger partial charge is 0.387 e. The van der Waals surface area contributed by atoms with Crippen LogP contribution in [0.15, 0.2) is 24.3 Å². The summed E-state index contributed by atoms with van der Waals surface area (Å²) in [5.41, 5.74) is 0.648. The fourth-order valence-corrected chi connectivity index (χ4v) is 2.81. The molecular formula is C11H13F2NOS. The van der Waals surface area contributed by atoms with Crippen LogP contribution in [0, 0.1) is 0 Å². The third kappa shape index (κ3) is 3.01. The number of alkyl halides is 2. The minimum atomic E-state index is -2.78. The van der Waals surface area contributed by atoms with E-state index in [4.69, 9.17) is 0 Å². The van der Waals surface area contributed by atoms with E-state index in [1.807, 2.05) is 17.8 Å². The van der Waals surface area contributed by atoms with Crippen molar-refractivity contribution in [1.82, 2.24) is 0 Å². The Kier molecular flexibility index (Phi) is 3.88. The number of nitrogens with one attached hydrogen (secondary N) is 1. The monoisotopic (exact) mass is 245 g/mol. The van der Waals surface area contributed by atoms with Crippen LogP contribution in [0.5, 0.6) is 5.75 Å². The molecule has 1 N–H and O–H groups in total. The van der Waals surface area contributed by atoms with E-state index in [0.29, 0.717) is 11.7 Å². The van der Waals surface area contributed by atoms with Crippen molar-refractivity contribution in [2.45, 2.75) is 19.1 Å². The number of anilines is 1. The van der Waals surface area contributed by atoms with Gasteiger partial charge in [0.25, 0.3) is 0 Å². The lowest BCUT2D eigenvalue weighted by Crippen LogP contribution is -2.19. The largest absolute Gasteiger partial charge is 0.433 e. The minimum Gasteiger partial charge on any atom is -0.433 e. The molecule has 1 aliphatic heterocycles. The topological polar surface area (TPSA) is 21.3 Å². The molecule has 1 saturated heterocycles. The summed E-state index contributed by atoms with van der Waals surface area (Å²) in [7, 11) is 0. The van der Waals surface area contributed by atoms with Gasteiger partial charge in [-0.2, -0.15) is 20.5 Å². The number of hydrogen-bond donors (Lipinski definition) is 1. The second kappa shape index (κ2) is 5.39. The number of benzene rings is 1. The highest BCUT2D eigenvalue weighted by Gasteiger charge is 2.17. The molecule has 88 valence electrons. The lowest BCUT2D eigenvalue weighted by molar-refractivity contribution is -0.0493. The summed E-state index contributed by atoms with van der Waals surface area (Å²) in [4.78, 5) is 0. The highest BCUT2D eigenvalue weighted by Crippen LogP contribution is 2.29. The Morgan fingerprint density at radius 2 is 2.19 bits per heavy atom. The molecule has 1 aromatic carbocycles. The van der Waals surface area contributed by atoms with E-state index in [1.54, 1.807) is 18.2 Å². The maximum atomic E-state index is 12.2. The fraction of sp³-hybridized carbons (Fsp3) is 0.455. The number of halogens is 2. The van der Waals surface area contributed by atoms with Crippen molar-refractivity contribution in [2.75, 3.05) is 16.8 Å². The van der Waals surface area contributed by atoms with Gasteiger partial charge in [0.1, 0.15) is 5.75 Å². The van der Waals surface area contributed by atoms with E-state index in [0.717, 1.165) is 17.9 Å². The van der Waals surface area contributed by atoms with Crippen molar-refractivity contribution in [2.24, 2.45) is 0 Å². The molecule has 0 bridgehead atoms. The predicted octanol–water partition coefficient (Wildman–Crippen LogP) is 3.21. The quantitative estimate of drug-likeness (QED) is 0.880. The average Bonchev–Trinajstić information content (AvgIpc) is 2.73. The zero-order chi connectivity index (χ0) is 11.4.